The molecule has 19 heavy (non-hydrogen) atoms. The Labute approximate surface area is 114 Å². The number of benzene rings is 1. The van der Waals surface area contributed by atoms with Crippen molar-refractivity contribution >= 4 is 10.8 Å². The minimum atomic E-state index is 0.221. The Hall–Kier alpha value is -1.45. The third kappa shape index (κ3) is 2.48. The monoisotopic (exact) mass is 255 g/mol. The van der Waals surface area contributed by atoms with Crippen LogP contribution in [0.15, 0.2) is 36.7 Å². The zero-order chi connectivity index (χ0) is 13.1. The Balaban J connectivity index is 2.00. The van der Waals surface area contributed by atoms with Crippen LogP contribution < -0.4 is 11.3 Å². The summed E-state index contributed by atoms with van der Waals surface area (Å²) in [5, 5.41) is 2.46. The highest BCUT2D eigenvalue weighted by Gasteiger charge is 2.25. The number of pyridine rings is 1. The lowest BCUT2D eigenvalue weighted by atomic mass is 9.81. The van der Waals surface area contributed by atoms with Crippen molar-refractivity contribution in [2.24, 2.45) is 11.8 Å². The summed E-state index contributed by atoms with van der Waals surface area (Å²) in [7, 11) is 0. The van der Waals surface area contributed by atoms with Crippen LogP contribution in [-0.4, -0.2) is 4.98 Å². The molecule has 1 aromatic heterocycles. The van der Waals surface area contributed by atoms with Gasteiger partial charge in [-0.1, -0.05) is 43.5 Å². The Morgan fingerprint density at radius 1 is 1.11 bits per heavy atom. The smallest absolute Gasteiger partial charge is 0.0509 e. The molecule has 0 radical (unpaired) electrons. The molecule has 0 bridgehead atoms. The lowest BCUT2D eigenvalue weighted by Gasteiger charge is -2.30. The van der Waals surface area contributed by atoms with Gasteiger partial charge in [-0.25, -0.2) is 0 Å². The number of hydrogen-bond acceptors (Lipinski definition) is 3. The molecule has 0 saturated heterocycles. The minimum Gasteiger partial charge on any atom is -0.271 e. The second kappa shape index (κ2) is 5.68. The topological polar surface area (TPSA) is 50.9 Å². The van der Waals surface area contributed by atoms with E-state index in [1.807, 2.05) is 12.4 Å². The fourth-order valence-electron chi connectivity index (χ4n) is 3.34. The summed E-state index contributed by atoms with van der Waals surface area (Å²) in [6.45, 7) is 0. The van der Waals surface area contributed by atoms with Crippen molar-refractivity contribution in [3.8, 4) is 0 Å². The van der Waals surface area contributed by atoms with Crippen molar-refractivity contribution in [2.45, 2.75) is 38.1 Å². The van der Waals surface area contributed by atoms with E-state index in [2.05, 4.69) is 34.7 Å². The summed E-state index contributed by atoms with van der Waals surface area (Å²) in [5.41, 5.74) is 4.28. The Morgan fingerprint density at radius 3 is 2.68 bits per heavy atom. The summed E-state index contributed by atoms with van der Waals surface area (Å²) in [6, 6.07) is 8.64. The number of nitrogens with two attached hydrogens (primary N) is 1. The Kier molecular flexibility index (Phi) is 3.76. The molecule has 3 rings (SSSR count). The first-order valence-electron chi connectivity index (χ1n) is 7.19. The lowest BCUT2D eigenvalue weighted by molar-refractivity contribution is 0.274. The highest BCUT2D eigenvalue weighted by molar-refractivity contribution is 5.85. The molecule has 1 fully saturated rings. The summed E-state index contributed by atoms with van der Waals surface area (Å²) < 4.78 is 0. The standard InChI is InChI=1S/C16H21N3/c17-19-16(12-6-2-1-3-7-12)15-11-18-10-13-8-4-5-9-14(13)15/h4-5,8-12,16,19H,1-3,6-7,17H2. The van der Waals surface area contributed by atoms with Crippen LogP contribution in [0, 0.1) is 5.92 Å². The number of nitrogens with one attached hydrogen (secondary N) is 1. The maximum atomic E-state index is 5.85. The second-order valence-corrected chi connectivity index (χ2v) is 5.49. The summed E-state index contributed by atoms with van der Waals surface area (Å²) in [5.74, 6) is 6.48. The molecule has 1 saturated carbocycles. The largest absolute Gasteiger partial charge is 0.271 e. The van der Waals surface area contributed by atoms with Crippen LogP contribution in [0.2, 0.25) is 0 Å². The van der Waals surface area contributed by atoms with Crippen molar-refractivity contribution in [3.63, 3.8) is 0 Å². The van der Waals surface area contributed by atoms with Gasteiger partial charge in [0.15, 0.2) is 0 Å². The molecule has 3 nitrogen and oxygen atoms in total. The van der Waals surface area contributed by atoms with Crippen LogP contribution in [0.25, 0.3) is 10.8 Å². The highest BCUT2D eigenvalue weighted by Crippen LogP contribution is 2.36. The van der Waals surface area contributed by atoms with Crippen molar-refractivity contribution < 1.29 is 0 Å². The summed E-state index contributed by atoms with van der Waals surface area (Å²) in [6.07, 6.45) is 10.4. The van der Waals surface area contributed by atoms with Crippen LogP contribution in [0.4, 0.5) is 0 Å². The van der Waals surface area contributed by atoms with Gasteiger partial charge < -0.3 is 0 Å². The fraction of sp³-hybridized carbons (Fsp3) is 0.438. The molecular formula is C16H21N3. The predicted molar refractivity (Wildman–Crippen MR) is 78.4 cm³/mol. The zero-order valence-corrected chi connectivity index (χ0v) is 11.2. The second-order valence-electron chi connectivity index (χ2n) is 5.49. The van der Waals surface area contributed by atoms with Gasteiger partial charge in [0.05, 0.1) is 6.04 Å². The van der Waals surface area contributed by atoms with Crippen molar-refractivity contribution in [1.29, 1.82) is 0 Å². The van der Waals surface area contributed by atoms with E-state index >= 15 is 0 Å². The van der Waals surface area contributed by atoms with E-state index in [1.165, 1.54) is 48.4 Å². The average Bonchev–Trinajstić information content (AvgIpc) is 2.49. The number of hydrogen-bond donors (Lipinski definition) is 2. The van der Waals surface area contributed by atoms with Crippen LogP contribution >= 0.6 is 0 Å². The molecule has 1 unspecified atom stereocenters. The van der Waals surface area contributed by atoms with Gasteiger partial charge >= 0.3 is 0 Å². The van der Waals surface area contributed by atoms with Crippen molar-refractivity contribution in [1.82, 2.24) is 10.4 Å². The molecular weight excluding hydrogens is 234 g/mol. The lowest BCUT2D eigenvalue weighted by Crippen LogP contribution is -2.34. The van der Waals surface area contributed by atoms with Gasteiger partial charge in [-0.15, -0.1) is 0 Å². The molecule has 0 aliphatic heterocycles. The predicted octanol–water partition coefficient (Wildman–Crippen LogP) is 3.32. The van der Waals surface area contributed by atoms with Gasteiger partial charge in [0, 0.05) is 17.8 Å². The zero-order valence-electron chi connectivity index (χ0n) is 11.2. The maximum absolute atomic E-state index is 5.85. The normalized spacial score (nSPS) is 18.6. The third-order valence-corrected chi connectivity index (χ3v) is 4.33. The quantitative estimate of drug-likeness (QED) is 0.653. The molecule has 1 aromatic carbocycles. The van der Waals surface area contributed by atoms with Gasteiger partial charge in [0.25, 0.3) is 0 Å². The first kappa shape index (κ1) is 12.6. The maximum Gasteiger partial charge on any atom is 0.0509 e. The first-order valence-corrected chi connectivity index (χ1v) is 7.19. The molecule has 3 N–H and O–H groups in total. The van der Waals surface area contributed by atoms with Gasteiger partial charge in [-0.05, 0) is 29.7 Å². The highest BCUT2D eigenvalue weighted by atomic mass is 15.2. The molecule has 1 heterocycles. The number of fused-ring (bicyclic) bond motifs is 1. The number of aromatic nitrogens is 1. The number of rotatable bonds is 3. The van der Waals surface area contributed by atoms with Crippen molar-refractivity contribution in [2.75, 3.05) is 0 Å². The van der Waals surface area contributed by atoms with E-state index in [1.54, 1.807) is 0 Å². The van der Waals surface area contributed by atoms with Crippen LogP contribution in [0.5, 0.6) is 0 Å². The molecule has 1 aliphatic carbocycles. The van der Waals surface area contributed by atoms with E-state index in [4.69, 9.17) is 5.84 Å². The molecule has 1 aliphatic rings. The Bertz CT molecular complexity index is 541. The van der Waals surface area contributed by atoms with Gasteiger partial charge in [-0.2, -0.15) is 0 Å². The van der Waals surface area contributed by atoms with Crippen molar-refractivity contribution in [3.05, 3.63) is 42.2 Å². The Morgan fingerprint density at radius 2 is 1.89 bits per heavy atom. The molecule has 100 valence electrons. The van der Waals surface area contributed by atoms with Crippen LogP contribution in [0.1, 0.15) is 43.7 Å². The van der Waals surface area contributed by atoms with Crippen LogP contribution in [0.3, 0.4) is 0 Å². The van der Waals surface area contributed by atoms with Crippen LogP contribution in [-0.2, 0) is 0 Å². The van der Waals surface area contributed by atoms with Gasteiger partial charge in [0.2, 0.25) is 0 Å². The first-order chi connectivity index (χ1) is 9.40. The van der Waals surface area contributed by atoms with E-state index in [0.717, 1.165) is 0 Å². The number of hydrazine groups is 1. The number of nitrogens with zero attached hydrogens (tertiary/aromatic N) is 1. The molecule has 0 spiro atoms. The van der Waals surface area contributed by atoms with Gasteiger partial charge in [-0.3, -0.25) is 16.3 Å². The van der Waals surface area contributed by atoms with E-state index in [0.29, 0.717) is 5.92 Å². The molecule has 3 heteroatoms. The fourth-order valence-corrected chi connectivity index (χ4v) is 3.34. The van der Waals surface area contributed by atoms with E-state index in [9.17, 15) is 0 Å². The summed E-state index contributed by atoms with van der Waals surface area (Å²) in [4.78, 5) is 4.38. The molecule has 2 aromatic rings. The average molecular weight is 255 g/mol. The molecule has 1 atom stereocenters. The third-order valence-electron chi connectivity index (χ3n) is 4.33. The van der Waals surface area contributed by atoms with Gasteiger partial charge in [0.1, 0.15) is 0 Å². The van der Waals surface area contributed by atoms with E-state index in [-0.39, 0.29) is 6.04 Å². The minimum absolute atomic E-state index is 0.221. The SMILES string of the molecule is NNC(c1cncc2ccccc12)C1CCCCC1. The molecule has 0 amide bonds. The summed E-state index contributed by atoms with van der Waals surface area (Å²) >= 11 is 0. The van der Waals surface area contributed by atoms with E-state index < -0.39 is 0 Å².